The molecule has 0 unspecified atom stereocenters. The molecule has 0 amide bonds. The summed E-state index contributed by atoms with van der Waals surface area (Å²) in [6.45, 7) is 10.2. The summed E-state index contributed by atoms with van der Waals surface area (Å²) in [6, 6.07) is 0. The zero-order chi connectivity index (χ0) is 13.8. The fourth-order valence-corrected chi connectivity index (χ4v) is 22.5. The molecule has 0 heterocycles. The predicted molar refractivity (Wildman–Crippen MR) is 76.9 cm³/mol. The zero-order valence-electron chi connectivity index (χ0n) is 12.8. The van der Waals surface area contributed by atoms with E-state index in [0.29, 0.717) is 3.67 Å². The summed E-state index contributed by atoms with van der Waals surface area (Å²) in [4.78, 5) is 0. The van der Waals surface area contributed by atoms with Crippen molar-refractivity contribution in [2.24, 2.45) is 0 Å². The Balaban J connectivity index is 3.24. The Morgan fingerprint density at radius 1 is 0.778 bits per heavy atom. The van der Waals surface area contributed by atoms with Crippen molar-refractivity contribution >= 4 is 0 Å². The van der Waals surface area contributed by atoms with Crippen LogP contribution in [-0.2, 0) is 20.8 Å². The van der Waals surface area contributed by atoms with Crippen LogP contribution in [0.25, 0.3) is 0 Å². The molecule has 0 aliphatic heterocycles. The number of hydrogen-bond acceptors (Lipinski definition) is 3. The summed E-state index contributed by atoms with van der Waals surface area (Å²) < 4.78 is 8.65. The predicted octanol–water partition coefficient (Wildman–Crippen LogP) is 2.65. The second-order valence-electron chi connectivity index (χ2n) is 5.03. The summed E-state index contributed by atoms with van der Waals surface area (Å²) in [5.74, 6) is 0. The van der Waals surface area contributed by atoms with Crippen LogP contribution in [0.1, 0.15) is 20.8 Å². The second kappa shape index (κ2) is 7.13. The van der Waals surface area contributed by atoms with E-state index in [0.717, 1.165) is 19.6 Å². The Bertz CT molecular complexity index is 276. The Labute approximate surface area is 119 Å². The van der Waals surface area contributed by atoms with Gasteiger partial charge >= 0.3 is 119 Å². The van der Waals surface area contributed by atoms with Gasteiger partial charge in [-0.15, -0.1) is 0 Å². The molecular formula is C14H29HfN3. The molecule has 0 radical (unpaired) electrons. The van der Waals surface area contributed by atoms with Crippen LogP contribution in [0.3, 0.4) is 0 Å². The molecule has 0 aromatic carbocycles. The molecule has 0 fully saturated rings. The quantitative estimate of drug-likeness (QED) is 0.590. The van der Waals surface area contributed by atoms with Crippen LogP contribution >= 0.6 is 0 Å². The molecule has 104 valence electrons. The van der Waals surface area contributed by atoms with Gasteiger partial charge in [-0.3, -0.25) is 0 Å². The zero-order valence-corrected chi connectivity index (χ0v) is 16.4. The molecule has 4 heteroatoms. The Kier molecular flexibility index (Phi) is 6.45. The monoisotopic (exact) mass is 419 g/mol. The van der Waals surface area contributed by atoms with Gasteiger partial charge in [0.1, 0.15) is 0 Å². The number of nitrogens with zero attached hydrogens (tertiary/aromatic N) is 3. The average molecular weight is 418 g/mol. The third-order valence-corrected chi connectivity index (χ3v) is 24.4. The molecule has 0 saturated carbocycles. The van der Waals surface area contributed by atoms with Crippen LogP contribution < -0.4 is 0 Å². The van der Waals surface area contributed by atoms with Crippen LogP contribution in [0.2, 0.25) is 3.67 Å². The first-order valence-corrected chi connectivity index (χ1v) is 13.9. The van der Waals surface area contributed by atoms with Crippen molar-refractivity contribution in [3.8, 4) is 0 Å². The van der Waals surface area contributed by atoms with Crippen LogP contribution in [-0.4, -0.2) is 49.4 Å². The fourth-order valence-electron chi connectivity index (χ4n) is 3.03. The van der Waals surface area contributed by atoms with Crippen LogP contribution in [0.4, 0.5) is 0 Å². The summed E-state index contributed by atoms with van der Waals surface area (Å²) >= 11 is -2.91. The maximum absolute atomic E-state index is 2.91. The molecule has 1 aliphatic carbocycles. The summed E-state index contributed by atoms with van der Waals surface area (Å²) in [5.41, 5.74) is 0. The molecule has 0 N–H and O–H groups in total. The Morgan fingerprint density at radius 3 is 1.39 bits per heavy atom. The maximum atomic E-state index is 2.67. The summed E-state index contributed by atoms with van der Waals surface area (Å²) in [5, 5.41) is 0. The van der Waals surface area contributed by atoms with E-state index in [1.807, 2.05) is 0 Å². The third-order valence-electron chi connectivity index (χ3n) is 4.30. The fraction of sp³-hybridized carbons (Fsp3) is 0.714. The molecule has 18 heavy (non-hydrogen) atoms. The first kappa shape index (κ1) is 16.3. The van der Waals surface area contributed by atoms with Crippen LogP contribution in [0.15, 0.2) is 24.3 Å². The second-order valence-corrected chi connectivity index (χ2v) is 20.6. The van der Waals surface area contributed by atoms with E-state index in [1.165, 1.54) is 0 Å². The van der Waals surface area contributed by atoms with Gasteiger partial charge < -0.3 is 0 Å². The van der Waals surface area contributed by atoms with Gasteiger partial charge in [-0.2, -0.15) is 0 Å². The summed E-state index contributed by atoms with van der Waals surface area (Å²) in [6.07, 6.45) is 9.25. The van der Waals surface area contributed by atoms with E-state index in [1.54, 1.807) is 0 Å². The Morgan fingerprint density at radius 2 is 1.11 bits per heavy atom. The first-order valence-electron chi connectivity index (χ1n) is 7.04. The molecule has 0 aromatic rings. The SMILES string of the molecule is CC[N](C)[Hf]([CH]1C=CC=C1)([N](C)CC)[N](C)CC. The van der Waals surface area contributed by atoms with Crippen LogP contribution in [0.5, 0.6) is 0 Å². The van der Waals surface area contributed by atoms with Crippen molar-refractivity contribution < 1.29 is 20.8 Å². The number of allylic oxidation sites excluding steroid dienone is 4. The minimum absolute atomic E-state index is 0.636. The molecular weight excluding hydrogens is 389 g/mol. The topological polar surface area (TPSA) is 9.72 Å². The van der Waals surface area contributed by atoms with E-state index in [-0.39, 0.29) is 0 Å². The van der Waals surface area contributed by atoms with Crippen molar-refractivity contribution in [3.63, 3.8) is 0 Å². The molecule has 1 aliphatic rings. The number of rotatable bonds is 7. The van der Waals surface area contributed by atoms with Gasteiger partial charge in [0.05, 0.1) is 0 Å². The van der Waals surface area contributed by atoms with E-state index < -0.39 is 20.8 Å². The van der Waals surface area contributed by atoms with Gasteiger partial charge in [-0.05, 0) is 0 Å². The van der Waals surface area contributed by atoms with Crippen molar-refractivity contribution in [1.82, 2.24) is 8.66 Å². The van der Waals surface area contributed by atoms with E-state index in [4.69, 9.17) is 0 Å². The van der Waals surface area contributed by atoms with E-state index in [9.17, 15) is 0 Å². The molecule has 0 bridgehead atoms. The van der Waals surface area contributed by atoms with Gasteiger partial charge in [0.2, 0.25) is 0 Å². The molecule has 0 saturated heterocycles. The van der Waals surface area contributed by atoms with Crippen molar-refractivity contribution in [2.75, 3.05) is 40.8 Å². The molecule has 0 atom stereocenters. The first-order chi connectivity index (χ1) is 8.55. The molecule has 3 nitrogen and oxygen atoms in total. The minimum atomic E-state index is -2.91. The van der Waals surface area contributed by atoms with Gasteiger partial charge in [-0.25, -0.2) is 0 Å². The molecule has 1 rings (SSSR count). The molecule has 0 aromatic heterocycles. The van der Waals surface area contributed by atoms with Crippen molar-refractivity contribution in [3.05, 3.63) is 24.3 Å². The van der Waals surface area contributed by atoms with Crippen molar-refractivity contribution in [1.29, 1.82) is 0 Å². The Hall–Kier alpha value is 0.230. The third kappa shape index (κ3) is 2.72. The average Bonchev–Trinajstić information content (AvgIpc) is 2.92. The normalized spacial score (nSPS) is 16.7. The van der Waals surface area contributed by atoms with Gasteiger partial charge in [0.25, 0.3) is 0 Å². The van der Waals surface area contributed by atoms with E-state index >= 15 is 0 Å². The summed E-state index contributed by atoms with van der Waals surface area (Å²) in [7, 11) is 6.96. The van der Waals surface area contributed by atoms with Gasteiger partial charge in [0, 0.05) is 0 Å². The molecule has 0 spiro atoms. The van der Waals surface area contributed by atoms with Crippen molar-refractivity contribution in [2.45, 2.75) is 24.4 Å². The standard InChI is InChI=1S/C5H5.3C3H8N.Hf/c1-2-4-5-3-1;3*1-3-4-2;/h1-5H;3*3H2,1-2H3;/q;3*-1;+3. The number of hydrogen-bond donors (Lipinski definition) is 0. The van der Waals surface area contributed by atoms with Crippen LogP contribution in [0, 0.1) is 0 Å². The van der Waals surface area contributed by atoms with E-state index in [2.05, 4.69) is 74.9 Å². The van der Waals surface area contributed by atoms with Gasteiger partial charge in [0.15, 0.2) is 0 Å². The van der Waals surface area contributed by atoms with Gasteiger partial charge in [-0.1, -0.05) is 0 Å².